The minimum absolute atomic E-state index is 0.0734. The summed E-state index contributed by atoms with van der Waals surface area (Å²) >= 11 is 9.13. The quantitative estimate of drug-likeness (QED) is 0.554. The number of aromatic nitrogens is 1. The van der Waals surface area contributed by atoms with E-state index in [1.54, 1.807) is 0 Å². The Labute approximate surface area is 138 Å². The van der Waals surface area contributed by atoms with Crippen molar-refractivity contribution in [2.45, 2.75) is 19.0 Å². The number of nitrogens with zero attached hydrogens (tertiary/aromatic N) is 2. The maximum absolute atomic E-state index is 13.0. The van der Waals surface area contributed by atoms with Crippen LogP contribution in [0.4, 0.5) is 18.9 Å². The fraction of sp³-hybridized carbons (Fsp3) is 0.538. The minimum Gasteiger partial charge on any atom is -0.465 e. The van der Waals surface area contributed by atoms with Crippen molar-refractivity contribution in [2.75, 3.05) is 25.1 Å². The molecule has 0 aliphatic carbocycles. The zero-order chi connectivity index (χ0) is 16.5. The Balaban J connectivity index is 2.42. The molecule has 9 heteroatoms. The molecule has 1 atom stereocenters. The first-order valence-electron chi connectivity index (χ1n) is 6.49. The normalized spacial score (nSPS) is 19.2. The van der Waals surface area contributed by atoms with Crippen LogP contribution in [-0.4, -0.2) is 37.3 Å². The third-order valence-corrected chi connectivity index (χ3v) is 4.82. The number of alkyl halides is 3. The van der Waals surface area contributed by atoms with Gasteiger partial charge < -0.3 is 9.64 Å². The Bertz CT molecular complexity index is 583. The number of anilines is 1. The highest BCUT2D eigenvalue weighted by molar-refractivity contribution is 9.10. The molecule has 1 saturated heterocycles. The highest BCUT2D eigenvalue weighted by atomic mass is 79.9. The van der Waals surface area contributed by atoms with Gasteiger partial charge in [-0.3, -0.25) is 0 Å². The van der Waals surface area contributed by atoms with E-state index in [1.807, 2.05) is 0 Å². The summed E-state index contributed by atoms with van der Waals surface area (Å²) in [5.41, 5.74) is 0.377. The second-order valence-corrected chi connectivity index (χ2v) is 6.09. The lowest BCUT2D eigenvalue weighted by Crippen LogP contribution is -2.42. The number of rotatable bonds is 2. The maximum Gasteiger partial charge on any atom is 0.393 e. The fourth-order valence-corrected chi connectivity index (χ4v) is 3.18. The number of carbonyl (C=O) groups excluding carboxylic acids is 1. The van der Waals surface area contributed by atoms with Crippen molar-refractivity contribution < 1.29 is 22.7 Å². The van der Waals surface area contributed by atoms with Gasteiger partial charge in [-0.2, -0.15) is 13.2 Å². The van der Waals surface area contributed by atoms with Crippen LogP contribution in [0, 0.1) is 5.92 Å². The molecule has 0 spiro atoms. The number of hydrogen-bond donors (Lipinski definition) is 0. The molecule has 1 unspecified atom stereocenters. The number of pyridine rings is 1. The molecule has 0 radical (unpaired) electrons. The van der Waals surface area contributed by atoms with Gasteiger partial charge in [-0.15, -0.1) is 0 Å². The molecule has 2 rings (SSSR count). The van der Waals surface area contributed by atoms with Crippen LogP contribution in [0.1, 0.15) is 23.2 Å². The van der Waals surface area contributed by atoms with E-state index in [2.05, 4.69) is 25.7 Å². The topological polar surface area (TPSA) is 42.4 Å². The first-order chi connectivity index (χ1) is 10.3. The van der Waals surface area contributed by atoms with Gasteiger partial charge in [0.1, 0.15) is 10.7 Å². The molecular formula is C13H13BrClF3N2O2. The van der Waals surface area contributed by atoms with E-state index in [0.717, 1.165) is 0 Å². The Morgan fingerprint density at radius 2 is 2.23 bits per heavy atom. The highest BCUT2D eigenvalue weighted by Gasteiger charge is 2.42. The monoisotopic (exact) mass is 400 g/mol. The van der Waals surface area contributed by atoms with E-state index < -0.39 is 18.1 Å². The van der Waals surface area contributed by atoms with Crippen molar-refractivity contribution in [3.05, 3.63) is 21.4 Å². The van der Waals surface area contributed by atoms with Crippen molar-refractivity contribution in [2.24, 2.45) is 5.92 Å². The smallest absolute Gasteiger partial charge is 0.393 e. The standard InChI is InChI=1S/C13H13BrClF3N2O2/c1-22-12(21)8-5-19-11(15)9(14)10(8)20-4-2-3-7(6-20)13(16,17)18/h5,7H,2-4,6H2,1H3. The molecule has 22 heavy (non-hydrogen) atoms. The molecule has 1 aliphatic rings. The number of halogens is 5. The maximum atomic E-state index is 13.0. The van der Waals surface area contributed by atoms with Gasteiger partial charge in [-0.25, -0.2) is 9.78 Å². The van der Waals surface area contributed by atoms with Gasteiger partial charge in [0.2, 0.25) is 0 Å². The molecule has 1 aromatic heterocycles. The molecule has 1 aliphatic heterocycles. The zero-order valence-electron chi connectivity index (χ0n) is 11.6. The Hall–Kier alpha value is -1.02. The lowest BCUT2D eigenvalue weighted by molar-refractivity contribution is -0.176. The van der Waals surface area contributed by atoms with Crippen LogP contribution in [0.3, 0.4) is 0 Å². The van der Waals surface area contributed by atoms with E-state index in [0.29, 0.717) is 23.1 Å². The average Bonchev–Trinajstić information content (AvgIpc) is 2.48. The zero-order valence-corrected chi connectivity index (χ0v) is 13.9. The number of methoxy groups -OCH3 is 1. The Kier molecular flexibility index (Phi) is 5.21. The fourth-order valence-electron chi connectivity index (χ4n) is 2.47. The molecule has 1 aromatic rings. The molecule has 2 heterocycles. The predicted octanol–water partition coefficient (Wildman–Crippen LogP) is 4.06. The van der Waals surface area contributed by atoms with Crippen molar-refractivity contribution >= 4 is 39.2 Å². The summed E-state index contributed by atoms with van der Waals surface area (Å²) in [6.07, 6.45) is -2.61. The molecule has 0 saturated carbocycles. The van der Waals surface area contributed by atoms with Gasteiger partial charge in [-0.1, -0.05) is 11.6 Å². The predicted molar refractivity (Wildman–Crippen MR) is 79.3 cm³/mol. The van der Waals surface area contributed by atoms with E-state index in [4.69, 9.17) is 11.6 Å². The largest absolute Gasteiger partial charge is 0.465 e. The highest BCUT2D eigenvalue weighted by Crippen LogP contribution is 2.40. The molecule has 0 aromatic carbocycles. The van der Waals surface area contributed by atoms with E-state index >= 15 is 0 Å². The van der Waals surface area contributed by atoms with Gasteiger partial charge in [0, 0.05) is 19.3 Å². The van der Waals surface area contributed by atoms with Crippen molar-refractivity contribution in [1.82, 2.24) is 4.98 Å². The van der Waals surface area contributed by atoms with Crippen LogP contribution in [0.5, 0.6) is 0 Å². The summed E-state index contributed by atoms with van der Waals surface area (Å²) in [6, 6.07) is 0. The average molecular weight is 402 g/mol. The van der Waals surface area contributed by atoms with Gasteiger partial charge in [0.25, 0.3) is 0 Å². The Morgan fingerprint density at radius 1 is 1.55 bits per heavy atom. The Morgan fingerprint density at radius 3 is 2.82 bits per heavy atom. The molecule has 4 nitrogen and oxygen atoms in total. The third-order valence-electron chi connectivity index (χ3n) is 3.56. The number of ether oxygens (including phenoxy) is 1. The van der Waals surface area contributed by atoms with Crippen LogP contribution in [-0.2, 0) is 4.74 Å². The summed E-state index contributed by atoms with van der Waals surface area (Å²) in [5, 5.41) is 0.0804. The SMILES string of the molecule is COC(=O)c1cnc(Cl)c(Br)c1N1CCCC(C(F)(F)F)C1. The lowest BCUT2D eigenvalue weighted by atomic mass is 9.96. The molecule has 0 amide bonds. The van der Waals surface area contributed by atoms with Gasteiger partial charge in [-0.05, 0) is 28.8 Å². The van der Waals surface area contributed by atoms with Crippen molar-refractivity contribution in [3.8, 4) is 0 Å². The van der Waals surface area contributed by atoms with Gasteiger partial charge in [0.15, 0.2) is 0 Å². The van der Waals surface area contributed by atoms with E-state index in [9.17, 15) is 18.0 Å². The number of carbonyl (C=O) groups is 1. The molecule has 0 bridgehead atoms. The molecule has 1 fully saturated rings. The van der Waals surface area contributed by atoms with Crippen LogP contribution in [0.15, 0.2) is 10.7 Å². The van der Waals surface area contributed by atoms with Gasteiger partial charge >= 0.3 is 12.1 Å². The second-order valence-electron chi connectivity index (χ2n) is 4.94. The second kappa shape index (κ2) is 6.62. The van der Waals surface area contributed by atoms with Crippen LogP contribution >= 0.6 is 27.5 Å². The molecular weight excluding hydrogens is 389 g/mol. The van der Waals surface area contributed by atoms with E-state index in [1.165, 1.54) is 18.2 Å². The minimum atomic E-state index is -4.27. The number of esters is 1. The summed E-state index contributed by atoms with van der Waals surface area (Å²) in [7, 11) is 1.20. The van der Waals surface area contributed by atoms with Crippen LogP contribution < -0.4 is 4.90 Å². The first kappa shape index (κ1) is 17.3. The lowest BCUT2D eigenvalue weighted by Gasteiger charge is -2.36. The number of piperidine rings is 1. The summed E-state index contributed by atoms with van der Waals surface area (Å²) < 4.78 is 43.9. The summed E-state index contributed by atoms with van der Waals surface area (Å²) in [6.45, 7) is 0.169. The van der Waals surface area contributed by atoms with Crippen LogP contribution in [0.2, 0.25) is 5.15 Å². The third kappa shape index (κ3) is 3.48. The summed E-state index contributed by atoms with van der Waals surface area (Å²) in [4.78, 5) is 17.2. The van der Waals surface area contributed by atoms with Gasteiger partial charge in [0.05, 0.1) is 23.2 Å². The van der Waals surface area contributed by atoms with Crippen LogP contribution in [0.25, 0.3) is 0 Å². The molecule has 122 valence electrons. The van der Waals surface area contributed by atoms with Crippen molar-refractivity contribution in [1.29, 1.82) is 0 Å². The van der Waals surface area contributed by atoms with E-state index in [-0.39, 0.29) is 23.7 Å². The van der Waals surface area contributed by atoms with Crippen molar-refractivity contribution in [3.63, 3.8) is 0 Å². The number of hydrogen-bond acceptors (Lipinski definition) is 4. The summed E-state index contributed by atoms with van der Waals surface area (Å²) in [5.74, 6) is -2.11. The first-order valence-corrected chi connectivity index (χ1v) is 7.66. The molecule has 0 N–H and O–H groups in total.